The van der Waals surface area contributed by atoms with Crippen LogP contribution in [0, 0.1) is 10.1 Å². The standard InChI is InChI=1S/C15H18N2O3/c1-12(11-14-6-4-10-20-14)16-9-8-13-5-2-3-7-15(13)17(18)19/h2-7,10,12,16H,8-9,11H2,1H3. The van der Waals surface area contributed by atoms with Gasteiger partial charge in [-0.2, -0.15) is 0 Å². The Balaban J connectivity index is 1.82. The summed E-state index contributed by atoms with van der Waals surface area (Å²) in [5.74, 6) is 0.940. The zero-order valence-electron chi connectivity index (χ0n) is 11.4. The molecule has 1 atom stereocenters. The van der Waals surface area contributed by atoms with E-state index in [9.17, 15) is 10.1 Å². The Bertz CT molecular complexity index is 552. The van der Waals surface area contributed by atoms with Gasteiger partial charge in [-0.1, -0.05) is 18.2 Å². The third-order valence-corrected chi connectivity index (χ3v) is 3.16. The maximum Gasteiger partial charge on any atom is 0.272 e. The van der Waals surface area contributed by atoms with Crippen molar-refractivity contribution in [2.75, 3.05) is 6.54 Å². The molecule has 0 aliphatic rings. The normalized spacial score (nSPS) is 12.2. The van der Waals surface area contributed by atoms with E-state index in [1.165, 1.54) is 0 Å². The molecule has 0 saturated heterocycles. The Morgan fingerprint density at radius 3 is 2.80 bits per heavy atom. The van der Waals surface area contributed by atoms with Gasteiger partial charge in [0.15, 0.2) is 0 Å². The molecule has 0 aliphatic carbocycles. The molecule has 0 bridgehead atoms. The molecule has 20 heavy (non-hydrogen) atoms. The van der Waals surface area contributed by atoms with E-state index in [-0.39, 0.29) is 16.7 Å². The third-order valence-electron chi connectivity index (χ3n) is 3.16. The predicted molar refractivity (Wildman–Crippen MR) is 76.7 cm³/mol. The van der Waals surface area contributed by atoms with Gasteiger partial charge in [0.2, 0.25) is 0 Å². The van der Waals surface area contributed by atoms with Gasteiger partial charge in [0, 0.05) is 24.1 Å². The second-order valence-corrected chi connectivity index (χ2v) is 4.77. The summed E-state index contributed by atoms with van der Waals surface area (Å²) in [6.45, 7) is 2.77. The van der Waals surface area contributed by atoms with Gasteiger partial charge in [-0.15, -0.1) is 0 Å². The van der Waals surface area contributed by atoms with Crippen LogP contribution in [0.15, 0.2) is 47.1 Å². The first-order valence-corrected chi connectivity index (χ1v) is 6.65. The number of nitrogens with one attached hydrogen (secondary N) is 1. The van der Waals surface area contributed by atoms with Crippen LogP contribution in [-0.4, -0.2) is 17.5 Å². The molecule has 0 saturated carbocycles. The van der Waals surface area contributed by atoms with Crippen molar-refractivity contribution in [3.05, 3.63) is 64.1 Å². The van der Waals surface area contributed by atoms with Gasteiger partial charge < -0.3 is 9.73 Å². The molecule has 2 rings (SSSR count). The molecule has 1 unspecified atom stereocenters. The first-order chi connectivity index (χ1) is 9.66. The number of hydrogen-bond donors (Lipinski definition) is 1. The summed E-state index contributed by atoms with van der Waals surface area (Å²) in [7, 11) is 0. The Kier molecular flexibility index (Phi) is 4.90. The molecule has 0 amide bonds. The number of nitro benzene ring substituents is 1. The lowest BCUT2D eigenvalue weighted by atomic mass is 10.1. The fraction of sp³-hybridized carbons (Fsp3) is 0.333. The van der Waals surface area contributed by atoms with Crippen LogP contribution >= 0.6 is 0 Å². The Morgan fingerprint density at radius 1 is 1.30 bits per heavy atom. The molecule has 5 heteroatoms. The zero-order valence-corrected chi connectivity index (χ0v) is 11.4. The molecule has 106 valence electrons. The summed E-state index contributed by atoms with van der Waals surface area (Å²) in [6, 6.07) is 10.9. The lowest BCUT2D eigenvalue weighted by Crippen LogP contribution is -2.29. The van der Waals surface area contributed by atoms with Crippen LogP contribution < -0.4 is 5.32 Å². The second kappa shape index (κ2) is 6.86. The van der Waals surface area contributed by atoms with E-state index >= 15 is 0 Å². The van der Waals surface area contributed by atoms with Crippen molar-refractivity contribution in [3.63, 3.8) is 0 Å². The van der Waals surface area contributed by atoms with E-state index in [0.29, 0.717) is 13.0 Å². The molecule has 2 aromatic rings. The Hall–Kier alpha value is -2.14. The summed E-state index contributed by atoms with van der Waals surface area (Å²) in [5.41, 5.74) is 0.947. The molecule has 5 nitrogen and oxygen atoms in total. The van der Waals surface area contributed by atoms with Crippen LogP contribution in [0.2, 0.25) is 0 Å². The van der Waals surface area contributed by atoms with Crippen molar-refractivity contribution in [2.24, 2.45) is 0 Å². The van der Waals surface area contributed by atoms with Crippen LogP contribution in [0.5, 0.6) is 0 Å². The molecule has 0 radical (unpaired) electrons. The minimum Gasteiger partial charge on any atom is -0.469 e. The van der Waals surface area contributed by atoms with E-state index in [1.54, 1.807) is 24.5 Å². The highest BCUT2D eigenvalue weighted by atomic mass is 16.6. The quantitative estimate of drug-likeness (QED) is 0.622. The van der Waals surface area contributed by atoms with E-state index in [2.05, 4.69) is 12.2 Å². The molecular weight excluding hydrogens is 256 g/mol. The van der Waals surface area contributed by atoms with Crippen LogP contribution in [0.1, 0.15) is 18.2 Å². The van der Waals surface area contributed by atoms with Crippen molar-refractivity contribution in [1.82, 2.24) is 5.32 Å². The van der Waals surface area contributed by atoms with Gasteiger partial charge >= 0.3 is 0 Å². The number of benzene rings is 1. The van der Waals surface area contributed by atoms with Gasteiger partial charge in [0.05, 0.1) is 11.2 Å². The minimum absolute atomic E-state index is 0.188. The van der Waals surface area contributed by atoms with E-state index in [0.717, 1.165) is 17.7 Å². The molecule has 0 fully saturated rings. The zero-order chi connectivity index (χ0) is 14.4. The molecule has 0 aliphatic heterocycles. The number of rotatable bonds is 7. The second-order valence-electron chi connectivity index (χ2n) is 4.77. The molecule has 0 spiro atoms. The Morgan fingerprint density at radius 2 is 2.10 bits per heavy atom. The SMILES string of the molecule is CC(Cc1ccco1)NCCc1ccccc1[N+](=O)[O-]. The van der Waals surface area contributed by atoms with E-state index in [4.69, 9.17) is 4.42 Å². The van der Waals surface area contributed by atoms with Crippen LogP contribution in [0.25, 0.3) is 0 Å². The maximum absolute atomic E-state index is 10.9. The van der Waals surface area contributed by atoms with Crippen molar-refractivity contribution in [3.8, 4) is 0 Å². The summed E-state index contributed by atoms with van der Waals surface area (Å²) in [6.07, 6.45) is 3.11. The number of furan rings is 1. The van der Waals surface area contributed by atoms with Crippen LogP contribution in [-0.2, 0) is 12.8 Å². The summed E-state index contributed by atoms with van der Waals surface area (Å²) in [5, 5.41) is 14.3. The maximum atomic E-state index is 10.9. The van der Waals surface area contributed by atoms with E-state index < -0.39 is 0 Å². The average Bonchev–Trinajstić information content (AvgIpc) is 2.92. The largest absolute Gasteiger partial charge is 0.469 e. The first-order valence-electron chi connectivity index (χ1n) is 6.65. The van der Waals surface area contributed by atoms with Gasteiger partial charge in [-0.05, 0) is 32.0 Å². The predicted octanol–water partition coefficient (Wildman–Crippen LogP) is 2.95. The molecule has 1 heterocycles. The molecule has 1 aromatic heterocycles. The molecular formula is C15H18N2O3. The average molecular weight is 274 g/mol. The fourth-order valence-corrected chi connectivity index (χ4v) is 2.16. The third kappa shape index (κ3) is 3.93. The molecule has 1 N–H and O–H groups in total. The number of para-hydroxylation sites is 1. The Labute approximate surface area is 117 Å². The topological polar surface area (TPSA) is 68.3 Å². The number of nitro groups is 1. The monoisotopic (exact) mass is 274 g/mol. The fourth-order valence-electron chi connectivity index (χ4n) is 2.16. The summed E-state index contributed by atoms with van der Waals surface area (Å²) < 4.78 is 5.29. The van der Waals surface area contributed by atoms with Crippen LogP contribution in [0.4, 0.5) is 5.69 Å². The van der Waals surface area contributed by atoms with Crippen molar-refractivity contribution in [1.29, 1.82) is 0 Å². The lowest BCUT2D eigenvalue weighted by Gasteiger charge is -2.12. The summed E-state index contributed by atoms with van der Waals surface area (Å²) >= 11 is 0. The van der Waals surface area contributed by atoms with Gasteiger partial charge in [0.25, 0.3) is 5.69 Å². The lowest BCUT2D eigenvalue weighted by molar-refractivity contribution is -0.385. The van der Waals surface area contributed by atoms with Crippen LogP contribution in [0.3, 0.4) is 0 Å². The van der Waals surface area contributed by atoms with Crippen molar-refractivity contribution >= 4 is 5.69 Å². The summed E-state index contributed by atoms with van der Waals surface area (Å²) in [4.78, 5) is 10.6. The highest BCUT2D eigenvalue weighted by Gasteiger charge is 2.12. The number of nitrogens with zero attached hydrogens (tertiary/aromatic N) is 1. The number of hydrogen-bond acceptors (Lipinski definition) is 4. The van der Waals surface area contributed by atoms with Gasteiger partial charge in [-0.25, -0.2) is 0 Å². The smallest absolute Gasteiger partial charge is 0.272 e. The highest BCUT2D eigenvalue weighted by molar-refractivity contribution is 5.39. The van der Waals surface area contributed by atoms with Gasteiger partial charge in [-0.3, -0.25) is 10.1 Å². The highest BCUT2D eigenvalue weighted by Crippen LogP contribution is 2.17. The van der Waals surface area contributed by atoms with E-state index in [1.807, 2.05) is 18.2 Å². The molecule has 1 aromatic carbocycles. The van der Waals surface area contributed by atoms with Crippen molar-refractivity contribution in [2.45, 2.75) is 25.8 Å². The first kappa shape index (κ1) is 14.3. The minimum atomic E-state index is -0.332. The van der Waals surface area contributed by atoms with Crippen molar-refractivity contribution < 1.29 is 9.34 Å². The van der Waals surface area contributed by atoms with Gasteiger partial charge in [0.1, 0.15) is 5.76 Å².